The number of halogens is 2. The number of hydrogen-bond acceptors (Lipinski definition) is 7. The third-order valence-electron chi connectivity index (χ3n) is 4.05. The molecular formula is C22H20BF2N2O5. The van der Waals surface area contributed by atoms with Crippen LogP contribution in [0.1, 0.15) is 23.3 Å². The van der Waals surface area contributed by atoms with Crippen molar-refractivity contribution in [2.75, 3.05) is 7.11 Å². The monoisotopic (exact) mass is 441 g/mol. The maximum Gasteiger partial charge on any atom is 0.338 e. The molecule has 4 rings (SSSR count). The largest absolute Gasteiger partial charge is 0.465 e. The Balaban J connectivity index is 0.000000303. The number of nitrogens with zero attached hydrogens (tertiary/aromatic N) is 2. The van der Waals surface area contributed by atoms with Crippen molar-refractivity contribution >= 4 is 14.4 Å². The summed E-state index contributed by atoms with van der Waals surface area (Å²) < 4.78 is 40.2. The maximum absolute atomic E-state index is 13.1. The van der Waals surface area contributed by atoms with Gasteiger partial charge in [0, 0.05) is 19.5 Å². The molecule has 1 N–H and O–H groups in total. The lowest BCUT2D eigenvalue weighted by atomic mass is 10.1. The van der Waals surface area contributed by atoms with E-state index < -0.39 is 11.8 Å². The van der Waals surface area contributed by atoms with E-state index in [2.05, 4.69) is 14.7 Å². The lowest BCUT2D eigenvalue weighted by Crippen LogP contribution is -2.04. The van der Waals surface area contributed by atoms with Crippen LogP contribution in [0.25, 0.3) is 22.5 Å². The number of benzene rings is 2. The Morgan fingerprint density at radius 1 is 0.969 bits per heavy atom. The number of hydrogen-bond donors (Lipinski definition) is 1. The van der Waals surface area contributed by atoms with Crippen LogP contribution < -0.4 is 0 Å². The molecule has 0 bridgehead atoms. The lowest BCUT2D eigenvalue weighted by Gasteiger charge is -2.04. The maximum atomic E-state index is 13.1. The van der Waals surface area contributed by atoms with Gasteiger partial charge in [0.15, 0.2) is 12.8 Å². The van der Waals surface area contributed by atoms with Gasteiger partial charge in [-0.15, -0.1) is 0 Å². The van der Waals surface area contributed by atoms with Crippen molar-refractivity contribution in [3.05, 3.63) is 84.5 Å². The van der Waals surface area contributed by atoms with Crippen LogP contribution in [0.4, 0.5) is 8.78 Å². The third kappa shape index (κ3) is 6.11. The van der Waals surface area contributed by atoms with Gasteiger partial charge in [-0.2, -0.15) is 0 Å². The average molecular weight is 441 g/mol. The van der Waals surface area contributed by atoms with Gasteiger partial charge in [0.05, 0.1) is 19.3 Å². The van der Waals surface area contributed by atoms with Gasteiger partial charge < -0.3 is 18.7 Å². The first kappa shape index (κ1) is 26.3. The fourth-order valence-electron chi connectivity index (χ4n) is 2.63. The highest BCUT2D eigenvalue weighted by atomic mass is 19.1. The molecule has 165 valence electrons. The van der Waals surface area contributed by atoms with Crippen LogP contribution in [0.3, 0.4) is 0 Å². The average Bonchev–Trinajstić information content (AvgIpc) is 3.48. The van der Waals surface area contributed by atoms with Gasteiger partial charge in [-0.1, -0.05) is 13.5 Å². The fraction of sp³-hybridized carbons (Fsp3) is 0.136. The van der Waals surface area contributed by atoms with E-state index in [0.29, 0.717) is 28.1 Å². The second-order valence-electron chi connectivity index (χ2n) is 5.89. The summed E-state index contributed by atoms with van der Waals surface area (Å²) in [6, 6.07) is 7.91. The molecule has 0 aliphatic carbocycles. The SMILES string of the molecule is C.COC(=O)c1ccc(F)cc1-c1cocn1.OCc1ccc(F)cc1-c1cocn1.[B]. The highest BCUT2D eigenvalue weighted by Crippen LogP contribution is 2.24. The van der Waals surface area contributed by atoms with E-state index in [4.69, 9.17) is 13.9 Å². The minimum Gasteiger partial charge on any atom is -0.465 e. The molecule has 2 aromatic carbocycles. The van der Waals surface area contributed by atoms with Gasteiger partial charge >= 0.3 is 5.97 Å². The number of methoxy groups -OCH3 is 1. The zero-order chi connectivity index (χ0) is 21.5. The van der Waals surface area contributed by atoms with E-state index in [9.17, 15) is 13.6 Å². The topological polar surface area (TPSA) is 98.6 Å². The fourth-order valence-corrected chi connectivity index (χ4v) is 2.63. The molecule has 0 saturated carbocycles. The van der Waals surface area contributed by atoms with E-state index >= 15 is 0 Å². The zero-order valence-electron chi connectivity index (χ0n) is 16.3. The number of rotatable bonds is 4. The summed E-state index contributed by atoms with van der Waals surface area (Å²) >= 11 is 0. The molecule has 32 heavy (non-hydrogen) atoms. The van der Waals surface area contributed by atoms with E-state index in [0.717, 1.165) is 0 Å². The first-order valence-corrected chi connectivity index (χ1v) is 8.57. The van der Waals surface area contributed by atoms with Crippen molar-refractivity contribution in [3.8, 4) is 22.5 Å². The second kappa shape index (κ2) is 12.2. The van der Waals surface area contributed by atoms with E-state index in [1.54, 1.807) is 0 Å². The Morgan fingerprint density at radius 2 is 1.50 bits per heavy atom. The molecule has 0 aliphatic heterocycles. The first-order valence-electron chi connectivity index (χ1n) is 8.57. The van der Waals surface area contributed by atoms with Crippen molar-refractivity contribution in [2.24, 2.45) is 0 Å². The molecular weight excluding hydrogens is 421 g/mol. The highest BCUT2D eigenvalue weighted by molar-refractivity contribution is 5.96. The molecule has 0 atom stereocenters. The van der Waals surface area contributed by atoms with Crippen LogP contribution >= 0.6 is 0 Å². The van der Waals surface area contributed by atoms with Crippen LogP contribution in [-0.2, 0) is 11.3 Å². The standard InChI is InChI=1S/C11H8FNO3.C10H8FNO2.CH4.B/c1-15-11(14)8-3-2-7(12)4-9(8)10-5-16-6-13-10;11-8-2-1-7(4-13)9(3-8)10-5-14-6-12-10;;/h2-6H,1H3;1-3,5-6,13H,4H2;1H4;. The molecule has 0 aliphatic rings. The molecule has 10 heteroatoms. The van der Waals surface area contributed by atoms with Crippen molar-refractivity contribution in [2.45, 2.75) is 14.0 Å². The Kier molecular flexibility index (Phi) is 9.98. The summed E-state index contributed by atoms with van der Waals surface area (Å²) in [7, 11) is 1.26. The van der Waals surface area contributed by atoms with E-state index in [1.165, 1.54) is 68.8 Å². The molecule has 0 spiro atoms. The summed E-state index contributed by atoms with van der Waals surface area (Å²) in [5, 5.41) is 9.03. The summed E-state index contributed by atoms with van der Waals surface area (Å²) in [6.45, 7) is -0.150. The Hall–Kier alpha value is -3.79. The van der Waals surface area contributed by atoms with Gasteiger partial charge in [0.25, 0.3) is 0 Å². The summed E-state index contributed by atoms with van der Waals surface area (Å²) in [5.41, 5.74) is 2.69. The van der Waals surface area contributed by atoms with Crippen LogP contribution in [0, 0.1) is 11.6 Å². The van der Waals surface area contributed by atoms with Crippen LogP contribution in [-0.4, -0.2) is 36.6 Å². The van der Waals surface area contributed by atoms with E-state index in [-0.39, 0.29) is 33.8 Å². The number of ether oxygens (including phenoxy) is 1. The zero-order valence-corrected chi connectivity index (χ0v) is 16.3. The Morgan fingerprint density at radius 3 is 2.00 bits per heavy atom. The van der Waals surface area contributed by atoms with Crippen LogP contribution in [0.15, 0.2) is 70.5 Å². The molecule has 2 aromatic heterocycles. The summed E-state index contributed by atoms with van der Waals surface area (Å²) in [6.07, 6.45) is 5.22. The van der Waals surface area contributed by atoms with Crippen molar-refractivity contribution in [1.82, 2.24) is 9.97 Å². The Bertz CT molecular complexity index is 1120. The molecule has 0 amide bonds. The summed E-state index contributed by atoms with van der Waals surface area (Å²) in [5.74, 6) is -1.36. The quantitative estimate of drug-likeness (QED) is 0.368. The second-order valence-corrected chi connectivity index (χ2v) is 5.89. The van der Waals surface area contributed by atoms with Gasteiger partial charge in [-0.05, 0) is 35.9 Å². The van der Waals surface area contributed by atoms with Crippen molar-refractivity contribution < 1.29 is 32.3 Å². The van der Waals surface area contributed by atoms with Crippen molar-refractivity contribution in [3.63, 3.8) is 0 Å². The first-order chi connectivity index (χ1) is 14.5. The number of aromatic nitrogens is 2. The molecule has 4 aromatic rings. The van der Waals surface area contributed by atoms with Gasteiger partial charge in [-0.3, -0.25) is 0 Å². The lowest BCUT2D eigenvalue weighted by molar-refractivity contribution is 0.0601. The molecule has 7 nitrogen and oxygen atoms in total. The number of oxazole rings is 2. The van der Waals surface area contributed by atoms with Gasteiger partial charge in [-0.25, -0.2) is 23.5 Å². The molecule has 2 heterocycles. The number of aliphatic hydroxyl groups excluding tert-OH is 1. The molecule has 0 unspecified atom stereocenters. The summed E-state index contributed by atoms with van der Waals surface area (Å²) in [4.78, 5) is 19.2. The predicted octanol–water partition coefficient (Wildman–Crippen LogP) is 4.50. The minimum absolute atomic E-state index is 0. The van der Waals surface area contributed by atoms with E-state index in [1.807, 2.05) is 0 Å². The number of aliphatic hydroxyl groups is 1. The van der Waals surface area contributed by atoms with Crippen LogP contribution in [0.5, 0.6) is 0 Å². The third-order valence-corrected chi connectivity index (χ3v) is 4.05. The molecule has 0 fully saturated rings. The highest BCUT2D eigenvalue weighted by Gasteiger charge is 2.15. The normalized spacial score (nSPS) is 9.62. The van der Waals surface area contributed by atoms with Gasteiger partial charge in [0.2, 0.25) is 0 Å². The Labute approximate surface area is 185 Å². The predicted molar refractivity (Wildman–Crippen MR) is 114 cm³/mol. The smallest absolute Gasteiger partial charge is 0.338 e. The number of esters is 1. The van der Waals surface area contributed by atoms with Gasteiger partial charge in [0.1, 0.15) is 35.5 Å². The number of carbonyl (C=O) groups excluding carboxylic acids is 1. The molecule has 0 saturated heterocycles. The number of carbonyl (C=O) groups is 1. The van der Waals surface area contributed by atoms with Crippen molar-refractivity contribution in [1.29, 1.82) is 0 Å². The molecule has 3 radical (unpaired) electrons. The van der Waals surface area contributed by atoms with Crippen LogP contribution in [0.2, 0.25) is 0 Å². The minimum atomic E-state index is -0.544.